The van der Waals surface area contributed by atoms with Gasteiger partial charge in [0.25, 0.3) is 0 Å². The maximum atomic E-state index is 5.67. The fraction of sp³-hybridized carbons (Fsp3) is 0.467. The zero-order chi connectivity index (χ0) is 12.5. The van der Waals surface area contributed by atoms with Crippen molar-refractivity contribution in [2.75, 3.05) is 0 Å². The zero-order valence-corrected chi connectivity index (χ0v) is 10.7. The molecule has 1 aromatic carbocycles. The molecule has 0 radical (unpaired) electrons. The molecule has 17 heavy (non-hydrogen) atoms. The van der Waals surface area contributed by atoms with Gasteiger partial charge in [-0.3, -0.25) is 11.3 Å². The number of hydrogen-bond donors (Lipinski definition) is 2. The summed E-state index contributed by atoms with van der Waals surface area (Å²) in [6.07, 6.45) is 2.97. The first-order chi connectivity index (χ1) is 8.33. The number of hydrazine groups is 1. The van der Waals surface area contributed by atoms with Gasteiger partial charge in [-0.15, -0.1) is 11.8 Å². The van der Waals surface area contributed by atoms with E-state index in [-0.39, 0.29) is 0 Å². The first kappa shape index (κ1) is 13.8. The van der Waals surface area contributed by atoms with E-state index in [4.69, 9.17) is 5.84 Å². The van der Waals surface area contributed by atoms with E-state index in [0.29, 0.717) is 12.0 Å². The highest BCUT2D eigenvalue weighted by molar-refractivity contribution is 5.21. The minimum Gasteiger partial charge on any atom is -0.271 e. The predicted molar refractivity (Wildman–Crippen MR) is 73.3 cm³/mol. The highest BCUT2D eigenvalue weighted by Crippen LogP contribution is 2.25. The summed E-state index contributed by atoms with van der Waals surface area (Å²) in [5.41, 5.74) is 4.29. The third-order valence-electron chi connectivity index (χ3n) is 3.12. The van der Waals surface area contributed by atoms with Crippen LogP contribution in [0.4, 0.5) is 0 Å². The average Bonchev–Trinajstić information content (AvgIpc) is 2.39. The molecule has 0 aliphatic heterocycles. The minimum atomic E-state index is 0.295. The lowest BCUT2D eigenvalue weighted by Gasteiger charge is -2.25. The van der Waals surface area contributed by atoms with E-state index in [0.717, 1.165) is 19.3 Å². The molecule has 2 nitrogen and oxygen atoms in total. The van der Waals surface area contributed by atoms with Crippen LogP contribution in [0.5, 0.6) is 0 Å². The summed E-state index contributed by atoms with van der Waals surface area (Å²) in [7, 11) is 0. The number of nitrogens with two attached hydrogens (primary N) is 1. The molecule has 0 saturated heterocycles. The van der Waals surface area contributed by atoms with E-state index in [1.165, 1.54) is 5.56 Å². The lowest BCUT2D eigenvalue weighted by Crippen LogP contribution is -2.39. The second-order valence-corrected chi connectivity index (χ2v) is 4.16. The van der Waals surface area contributed by atoms with Crippen LogP contribution in [0.25, 0.3) is 0 Å². The van der Waals surface area contributed by atoms with Gasteiger partial charge in [0, 0.05) is 18.4 Å². The van der Waals surface area contributed by atoms with Crippen LogP contribution in [0, 0.1) is 11.8 Å². The molecule has 0 aromatic heterocycles. The lowest BCUT2D eigenvalue weighted by molar-refractivity contribution is 0.410. The Kier molecular flexibility index (Phi) is 6.39. The Morgan fingerprint density at radius 2 is 2.00 bits per heavy atom. The van der Waals surface area contributed by atoms with Gasteiger partial charge in [-0.25, -0.2) is 0 Å². The van der Waals surface area contributed by atoms with Gasteiger partial charge < -0.3 is 0 Å². The SMILES string of the molecule is CC#CCCC(NN)C(CC)c1ccccc1. The molecule has 1 aromatic rings. The monoisotopic (exact) mass is 230 g/mol. The summed E-state index contributed by atoms with van der Waals surface area (Å²) >= 11 is 0. The van der Waals surface area contributed by atoms with E-state index < -0.39 is 0 Å². The molecule has 92 valence electrons. The maximum Gasteiger partial charge on any atom is 0.0288 e. The van der Waals surface area contributed by atoms with Crippen LogP contribution in [0.1, 0.15) is 44.6 Å². The first-order valence-electron chi connectivity index (χ1n) is 6.24. The summed E-state index contributed by atoms with van der Waals surface area (Å²) in [6, 6.07) is 10.8. The summed E-state index contributed by atoms with van der Waals surface area (Å²) in [4.78, 5) is 0. The van der Waals surface area contributed by atoms with Crippen molar-refractivity contribution < 1.29 is 0 Å². The third-order valence-corrected chi connectivity index (χ3v) is 3.12. The molecule has 0 aliphatic carbocycles. The van der Waals surface area contributed by atoms with Crippen LogP contribution in [0.3, 0.4) is 0 Å². The summed E-state index contributed by atoms with van der Waals surface area (Å²) in [5, 5.41) is 0. The molecule has 2 atom stereocenters. The Bertz CT molecular complexity index is 362. The van der Waals surface area contributed by atoms with Crippen molar-refractivity contribution >= 4 is 0 Å². The minimum absolute atomic E-state index is 0.295. The zero-order valence-electron chi connectivity index (χ0n) is 10.7. The van der Waals surface area contributed by atoms with Gasteiger partial charge in [0.15, 0.2) is 0 Å². The molecule has 0 spiro atoms. The van der Waals surface area contributed by atoms with Gasteiger partial charge in [-0.05, 0) is 25.3 Å². The Morgan fingerprint density at radius 3 is 2.53 bits per heavy atom. The summed E-state index contributed by atoms with van der Waals surface area (Å²) in [6.45, 7) is 4.08. The van der Waals surface area contributed by atoms with Gasteiger partial charge in [0.1, 0.15) is 0 Å². The standard InChI is InChI=1S/C15H22N2/c1-3-5-7-12-15(17-16)14(4-2)13-10-8-6-9-11-13/h6,8-11,14-15,17H,4,7,12,16H2,1-2H3. The fourth-order valence-electron chi connectivity index (χ4n) is 2.21. The Labute approximate surface area is 105 Å². The van der Waals surface area contributed by atoms with Crippen molar-refractivity contribution in [2.45, 2.75) is 45.1 Å². The van der Waals surface area contributed by atoms with Crippen LogP contribution in [-0.2, 0) is 0 Å². The van der Waals surface area contributed by atoms with Crippen LogP contribution in [0.15, 0.2) is 30.3 Å². The molecule has 0 amide bonds. The van der Waals surface area contributed by atoms with E-state index in [9.17, 15) is 0 Å². The van der Waals surface area contributed by atoms with Crippen molar-refractivity contribution in [1.82, 2.24) is 5.43 Å². The van der Waals surface area contributed by atoms with Gasteiger partial charge in [-0.2, -0.15) is 0 Å². The average molecular weight is 230 g/mol. The third kappa shape index (κ3) is 4.22. The van der Waals surface area contributed by atoms with Crippen molar-refractivity contribution in [1.29, 1.82) is 0 Å². The highest BCUT2D eigenvalue weighted by atomic mass is 15.2. The van der Waals surface area contributed by atoms with Crippen LogP contribution in [0.2, 0.25) is 0 Å². The molecule has 0 aliphatic rings. The second kappa shape index (κ2) is 7.89. The van der Waals surface area contributed by atoms with Gasteiger partial charge in [0.2, 0.25) is 0 Å². The van der Waals surface area contributed by atoms with E-state index >= 15 is 0 Å². The first-order valence-corrected chi connectivity index (χ1v) is 6.24. The van der Waals surface area contributed by atoms with E-state index in [1.807, 2.05) is 13.0 Å². The largest absolute Gasteiger partial charge is 0.271 e. The van der Waals surface area contributed by atoms with Crippen LogP contribution >= 0.6 is 0 Å². The second-order valence-electron chi connectivity index (χ2n) is 4.16. The summed E-state index contributed by atoms with van der Waals surface area (Å²) in [5.74, 6) is 12.2. The van der Waals surface area contributed by atoms with Crippen LogP contribution in [-0.4, -0.2) is 6.04 Å². The van der Waals surface area contributed by atoms with E-state index in [1.54, 1.807) is 0 Å². The van der Waals surface area contributed by atoms with Crippen LogP contribution < -0.4 is 11.3 Å². The molecular formula is C15H22N2. The lowest BCUT2D eigenvalue weighted by atomic mass is 9.87. The fourth-order valence-corrected chi connectivity index (χ4v) is 2.21. The Balaban J connectivity index is 2.72. The Hall–Kier alpha value is -1.30. The van der Waals surface area contributed by atoms with Gasteiger partial charge in [-0.1, -0.05) is 37.3 Å². The van der Waals surface area contributed by atoms with Crippen molar-refractivity contribution in [3.63, 3.8) is 0 Å². The summed E-state index contributed by atoms with van der Waals surface area (Å²) < 4.78 is 0. The number of nitrogens with one attached hydrogen (secondary N) is 1. The number of hydrogen-bond acceptors (Lipinski definition) is 2. The van der Waals surface area contributed by atoms with E-state index in [2.05, 4.69) is 48.5 Å². The normalized spacial score (nSPS) is 13.6. The molecule has 2 unspecified atom stereocenters. The Morgan fingerprint density at radius 1 is 1.29 bits per heavy atom. The molecule has 0 bridgehead atoms. The molecule has 0 saturated carbocycles. The quantitative estimate of drug-likeness (QED) is 0.448. The number of benzene rings is 1. The maximum absolute atomic E-state index is 5.67. The smallest absolute Gasteiger partial charge is 0.0288 e. The molecule has 0 fully saturated rings. The number of rotatable bonds is 6. The van der Waals surface area contributed by atoms with Crippen molar-refractivity contribution in [3.8, 4) is 11.8 Å². The molecule has 3 N–H and O–H groups in total. The molecular weight excluding hydrogens is 208 g/mol. The molecule has 0 heterocycles. The van der Waals surface area contributed by atoms with Gasteiger partial charge in [0.05, 0.1) is 0 Å². The molecule has 1 rings (SSSR count). The highest BCUT2D eigenvalue weighted by Gasteiger charge is 2.19. The van der Waals surface area contributed by atoms with Crippen molar-refractivity contribution in [2.24, 2.45) is 5.84 Å². The van der Waals surface area contributed by atoms with Gasteiger partial charge >= 0.3 is 0 Å². The molecule has 2 heteroatoms. The predicted octanol–water partition coefficient (Wildman–Crippen LogP) is 2.82. The van der Waals surface area contributed by atoms with Crippen molar-refractivity contribution in [3.05, 3.63) is 35.9 Å². The topological polar surface area (TPSA) is 38.0 Å².